The molecule has 6 heteroatoms. The Morgan fingerprint density at radius 3 is 0.765 bits per heavy atom. The van der Waals surface area contributed by atoms with Crippen LogP contribution < -0.4 is 0 Å². The van der Waals surface area contributed by atoms with Crippen LogP contribution in [-0.2, 0) is 28.6 Å². The number of esters is 3. The minimum atomic E-state index is -0.817. The summed E-state index contributed by atoms with van der Waals surface area (Å²) in [5, 5.41) is 0. The molecule has 0 aliphatic rings. The SMILES string of the molecule is CC/C=C\C/C=C\C/C=C\C/C=C\C/C=C\C/C=C\C/C=C\C/C=C\C/C=C\CCCCCC(=O)OCC(COC(=O)CCCCCCC/C=C\C/C=C\CCC)OC(=O)CCCCCCCC/C=C\C/C=C\C/C=C\C/C=C\CC. The third-order valence-corrected chi connectivity index (χ3v) is 12.9. The zero-order chi connectivity index (χ0) is 58.5. The number of allylic oxidation sites excluding steroid dienone is 30. The molecule has 0 aromatic rings. The van der Waals surface area contributed by atoms with Crippen LogP contribution in [-0.4, -0.2) is 37.2 Å². The van der Waals surface area contributed by atoms with Gasteiger partial charge in [-0.25, -0.2) is 0 Å². The van der Waals surface area contributed by atoms with Gasteiger partial charge >= 0.3 is 17.9 Å². The van der Waals surface area contributed by atoms with Crippen molar-refractivity contribution in [1.29, 1.82) is 0 Å². The van der Waals surface area contributed by atoms with Gasteiger partial charge in [0.1, 0.15) is 13.2 Å². The van der Waals surface area contributed by atoms with Crippen LogP contribution in [0.1, 0.15) is 252 Å². The molecule has 0 spiro atoms. The summed E-state index contributed by atoms with van der Waals surface area (Å²) >= 11 is 0. The van der Waals surface area contributed by atoms with E-state index in [4.69, 9.17) is 14.2 Å². The molecule has 1 unspecified atom stereocenters. The number of hydrogen-bond acceptors (Lipinski definition) is 6. The van der Waals surface area contributed by atoms with Gasteiger partial charge < -0.3 is 14.2 Å². The molecule has 0 aliphatic carbocycles. The highest BCUT2D eigenvalue weighted by Gasteiger charge is 2.19. The number of carbonyl (C=O) groups is 3. The number of unbranched alkanes of at least 4 members (excludes halogenated alkanes) is 15. The molecule has 0 radical (unpaired) electrons. The van der Waals surface area contributed by atoms with Gasteiger partial charge in [0, 0.05) is 19.3 Å². The molecule has 0 amide bonds. The molecule has 6 nitrogen and oxygen atoms in total. The number of hydrogen-bond donors (Lipinski definition) is 0. The van der Waals surface area contributed by atoms with E-state index in [1.807, 2.05) is 0 Å². The maximum Gasteiger partial charge on any atom is 0.306 e. The van der Waals surface area contributed by atoms with E-state index in [9.17, 15) is 14.4 Å². The molecule has 1 atom stereocenters. The largest absolute Gasteiger partial charge is 0.462 e. The Balaban J connectivity index is 4.45. The van der Waals surface area contributed by atoms with Crippen molar-refractivity contribution in [3.63, 3.8) is 0 Å². The van der Waals surface area contributed by atoms with Gasteiger partial charge in [-0.1, -0.05) is 261 Å². The minimum Gasteiger partial charge on any atom is -0.462 e. The summed E-state index contributed by atoms with van der Waals surface area (Å²) in [5.41, 5.74) is 0. The van der Waals surface area contributed by atoms with Gasteiger partial charge in [0.15, 0.2) is 6.10 Å². The monoisotopic (exact) mass is 1110 g/mol. The number of carbonyl (C=O) groups excluding carboxylic acids is 3. The first-order valence-corrected chi connectivity index (χ1v) is 32.3. The lowest BCUT2D eigenvalue weighted by Crippen LogP contribution is -2.30. The van der Waals surface area contributed by atoms with Gasteiger partial charge in [-0.2, -0.15) is 0 Å². The molecule has 0 N–H and O–H groups in total. The lowest BCUT2D eigenvalue weighted by atomic mass is 10.1. The quantitative estimate of drug-likeness (QED) is 0.0261. The fourth-order valence-corrected chi connectivity index (χ4v) is 8.11. The number of rotatable bonds is 56. The molecular weight excluding hydrogens is 997 g/mol. The molecule has 0 fully saturated rings. The molecule has 81 heavy (non-hydrogen) atoms. The molecule has 0 aromatic heterocycles. The maximum absolute atomic E-state index is 12.9. The predicted octanol–water partition coefficient (Wildman–Crippen LogP) is 22.4. The highest BCUT2D eigenvalue weighted by molar-refractivity contribution is 5.71. The Labute approximate surface area is 497 Å². The normalized spacial score (nSPS) is 13.4. The first kappa shape index (κ1) is 75.5. The van der Waals surface area contributed by atoms with Crippen LogP contribution in [0, 0.1) is 0 Å². The van der Waals surface area contributed by atoms with E-state index in [1.54, 1.807) is 0 Å². The van der Waals surface area contributed by atoms with E-state index >= 15 is 0 Å². The Hall–Kier alpha value is -5.49. The average Bonchev–Trinajstić information content (AvgIpc) is 3.46. The minimum absolute atomic E-state index is 0.111. The van der Waals surface area contributed by atoms with Crippen molar-refractivity contribution < 1.29 is 28.6 Å². The Morgan fingerprint density at radius 1 is 0.259 bits per heavy atom. The summed E-state index contributed by atoms with van der Waals surface area (Å²) in [6, 6.07) is 0. The molecule has 452 valence electrons. The van der Waals surface area contributed by atoms with Crippen molar-refractivity contribution in [3.05, 3.63) is 182 Å². The van der Waals surface area contributed by atoms with Crippen LogP contribution in [0.2, 0.25) is 0 Å². The fourth-order valence-electron chi connectivity index (χ4n) is 8.11. The van der Waals surface area contributed by atoms with Crippen LogP contribution in [0.5, 0.6) is 0 Å². The highest BCUT2D eigenvalue weighted by Crippen LogP contribution is 2.13. The van der Waals surface area contributed by atoms with Crippen molar-refractivity contribution >= 4 is 17.9 Å². The first-order chi connectivity index (χ1) is 40.0. The van der Waals surface area contributed by atoms with Crippen LogP contribution in [0.3, 0.4) is 0 Å². The highest BCUT2D eigenvalue weighted by atomic mass is 16.6. The summed E-state index contributed by atoms with van der Waals surface area (Å²) in [6.45, 7) is 6.28. The van der Waals surface area contributed by atoms with Crippen LogP contribution >= 0.6 is 0 Å². The van der Waals surface area contributed by atoms with Crippen LogP contribution in [0.25, 0.3) is 0 Å². The average molecular weight is 1110 g/mol. The van der Waals surface area contributed by atoms with E-state index in [-0.39, 0.29) is 31.1 Å². The van der Waals surface area contributed by atoms with Crippen LogP contribution in [0.15, 0.2) is 182 Å². The molecule has 0 aliphatic heterocycles. The molecule has 0 heterocycles. The second kappa shape index (κ2) is 67.0. The van der Waals surface area contributed by atoms with E-state index < -0.39 is 6.10 Å². The topological polar surface area (TPSA) is 78.9 Å². The molecule has 0 saturated carbocycles. The van der Waals surface area contributed by atoms with E-state index in [0.29, 0.717) is 19.3 Å². The van der Waals surface area contributed by atoms with Gasteiger partial charge in [-0.15, -0.1) is 0 Å². The summed E-state index contributed by atoms with van der Waals surface area (Å²) in [4.78, 5) is 38.3. The molecule has 0 rings (SSSR count). The van der Waals surface area contributed by atoms with Crippen molar-refractivity contribution in [2.75, 3.05) is 13.2 Å². The maximum atomic E-state index is 12.9. The lowest BCUT2D eigenvalue weighted by Gasteiger charge is -2.18. The zero-order valence-electron chi connectivity index (χ0n) is 51.7. The summed E-state index contributed by atoms with van der Waals surface area (Å²) in [6.07, 6.45) is 100. The van der Waals surface area contributed by atoms with E-state index in [1.165, 1.54) is 19.3 Å². The van der Waals surface area contributed by atoms with Crippen molar-refractivity contribution in [1.82, 2.24) is 0 Å². The fraction of sp³-hybridized carbons (Fsp3) is 0.560. The Bertz CT molecular complexity index is 1900. The van der Waals surface area contributed by atoms with Gasteiger partial charge in [-0.3, -0.25) is 14.4 Å². The van der Waals surface area contributed by atoms with Gasteiger partial charge in [0.2, 0.25) is 0 Å². The summed E-state index contributed by atoms with van der Waals surface area (Å²) in [7, 11) is 0. The van der Waals surface area contributed by atoms with Gasteiger partial charge in [-0.05, 0) is 154 Å². The summed E-state index contributed by atoms with van der Waals surface area (Å²) < 4.78 is 16.9. The second-order valence-corrected chi connectivity index (χ2v) is 20.5. The zero-order valence-corrected chi connectivity index (χ0v) is 51.7. The standard InChI is InChI=1S/C75H116O6/c1-4-7-10-13-16-19-22-25-27-29-31-32-33-34-35-36-37-38-39-40-41-42-44-45-47-50-53-56-59-62-65-68-74(77)80-71-72(70-79-73(76)67-64-61-58-55-52-49-24-21-18-15-12-9-6-3)81-75(78)69-66-63-60-57-54-51-48-46-43-30-28-26-23-20-17-14-11-8-5-2/h7-8,10-12,15-17,19-21,24-28,31-32,34-35,37-38,40-41,43-46,50,53,72H,4-6,9,13-14,18,22-23,29-30,33,36,39,42,47-49,51-52,54-71H2,1-3H3/b10-7-,11-8-,15-12-,19-16-,20-17-,24-21-,27-25-,28-26-,32-31-,35-34-,38-37-,41-40-,45-44-,46-43-,53-50-. The van der Waals surface area contributed by atoms with Crippen molar-refractivity contribution in [3.8, 4) is 0 Å². The Morgan fingerprint density at radius 2 is 0.481 bits per heavy atom. The first-order valence-electron chi connectivity index (χ1n) is 32.3. The summed E-state index contributed by atoms with van der Waals surface area (Å²) in [5.74, 6) is -0.980. The third kappa shape index (κ3) is 65.2. The van der Waals surface area contributed by atoms with Gasteiger partial charge in [0.25, 0.3) is 0 Å². The Kier molecular flexibility index (Phi) is 62.5. The lowest BCUT2D eigenvalue weighted by molar-refractivity contribution is -0.167. The van der Waals surface area contributed by atoms with E-state index in [0.717, 1.165) is 193 Å². The molecule has 0 bridgehead atoms. The smallest absolute Gasteiger partial charge is 0.306 e. The molecule has 0 saturated heterocycles. The molecular formula is C75H116O6. The number of ether oxygens (including phenoxy) is 3. The third-order valence-electron chi connectivity index (χ3n) is 12.9. The van der Waals surface area contributed by atoms with Crippen molar-refractivity contribution in [2.45, 2.75) is 258 Å². The molecule has 0 aromatic carbocycles. The van der Waals surface area contributed by atoms with Crippen LogP contribution in [0.4, 0.5) is 0 Å². The second-order valence-electron chi connectivity index (χ2n) is 20.5. The van der Waals surface area contributed by atoms with Crippen molar-refractivity contribution in [2.24, 2.45) is 0 Å². The van der Waals surface area contributed by atoms with Gasteiger partial charge in [0.05, 0.1) is 0 Å². The van der Waals surface area contributed by atoms with E-state index in [2.05, 4.69) is 203 Å². The predicted molar refractivity (Wildman–Crippen MR) is 352 cm³/mol.